The summed E-state index contributed by atoms with van der Waals surface area (Å²) in [6.45, 7) is 2.16. The van der Waals surface area contributed by atoms with Gasteiger partial charge in [-0.3, -0.25) is 9.59 Å². The molecule has 0 aliphatic heterocycles. The van der Waals surface area contributed by atoms with Gasteiger partial charge in [-0.2, -0.15) is 0 Å². The number of amides is 1. The van der Waals surface area contributed by atoms with E-state index in [9.17, 15) is 9.59 Å². The van der Waals surface area contributed by atoms with Gasteiger partial charge in [0.15, 0.2) is 0 Å². The van der Waals surface area contributed by atoms with Gasteiger partial charge >= 0.3 is 5.97 Å². The third kappa shape index (κ3) is 4.51. The number of esters is 1. The summed E-state index contributed by atoms with van der Waals surface area (Å²) >= 11 is 0. The Morgan fingerprint density at radius 1 is 1.29 bits per heavy atom. The molecular weight excluding hydrogens is 218 g/mol. The Bertz CT molecular complexity index is 421. The smallest absolute Gasteiger partial charge is 0.309 e. The number of carbonyl (C=O) groups excluding carboxylic acids is 2. The van der Waals surface area contributed by atoms with Crippen molar-refractivity contribution in [3.8, 4) is 0 Å². The van der Waals surface area contributed by atoms with Gasteiger partial charge in [0.1, 0.15) is 0 Å². The summed E-state index contributed by atoms with van der Waals surface area (Å²) in [4.78, 5) is 21.9. The second-order valence-corrected chi connectivity index (χ2v) is 3.40. The van der Waals surface area contributed by atoms with Gasteiger partial charge in [0.2, 0.25) is 5.91 Å². The largest absolute Gasteiger partial charge is 0.466 e. The molecule has 2 N–H and O–H groups in total. The number of ether oxygens (including phenoxy) is 1. The number of rotatable bonds is 5. The second-order valence-electron chi connectivity index (χ2n) is 3.40. The number of carbonyl (C=O) groups is 2. The molecule has 0 saturated heterocycles. The summed E-state index contributed by atoms with van der Waals surface area (Å²) in [5.74, 6) is -0.704. The lowest BCUT2D eigenvalue weighted by Gasteiger charge is -1.98. The van der Waals surface area contributed by atoms with E-state index in [4.69, 9.17) is 10.5 Å². The molecule has 90 valence electrons. The number of nitrogens with two attached hydrogens (primary N) is 1. The molecule has 0 bridgehead atoms. The summed E-state index contributed by atoms with van der Waals surface area (Å²) in [5, 5.41) is 0. The van der Waals surface area contributed by atoms with Crippen molar-refractivity contribution in [2.45, 2.75) is 13.3 Å². The zero-order chi connectivity index (χ0) is 12.7. The van der Waals surface area contributed by atoms with E-state index in [-0.39, 0.29) is 12.4 Å². The van der Waals surface area contributed by atoms with Crippen molar-refractivity contribution in [1.82, 2.24) is 0 Å². The van der Waals surface area contributed by atoms with Crippen molar-refractivity contribution in [2.24, 2.45) is 5.73 Å². The van der Waals surface area contributed by atoms with Crippen LogP contribution in [0, 0.1) is 0 Å². The van der Waals surface area contributed by atoms with Gasteiger partial charge in [-0.05, 0) is 24.6 Å². The maximum absolute atomic E-state index is 11.0. The fourth-order valence-electron chi connectivity index (χ4n) is 1.27. The molecule has 4 nitrogen and oxygen atoms in total. The predicted octanol–water partition coefficient (Wildman–Crippen LogP) is 1.75. The molecule has 0 fully saturated rings. The molecule has 17 heavy (non-hydrogen) atoms. The van der Waals surface area contributed by atoms with Crippen molar-refractivity contribution in [1.29, 1.82) is 0 Å². The minimum Gasteiger partial charge on any atom is -0.466 e. The highest BCUT2D eigenvalue weighted by atomic mass is 16.5. The highest BCUT2D eigenvalue weighted by Crippen LogP contribution is 2.06. The Morgan fingerprint density at radius 3 is 2.47 bits per heavy atom. The van der Waals surface area contributed by atoms with Crippen molar-refractivity contribution in [2.75, 3.05) is 6.61 Å². The maximum Gasteiger partial charge on any atom is 0.309 e. The van der Waals surface area contributed by atoms with Gasteiger partial charge in [0.25, 0.3) is 0 Å². The van der Waals surface area contributed by atoms with Crippen LogP contribution in [0.15, 0.2) is 30.3 Å². The van der Waals surface area contributed by atoms with Crippen LogP contribution in [-0.4, -0.2) is 18.5 Å². The summed E-state index contributed by atoms with van der Waals surface area (Å²) in [6, 6.07) is 6.82. The Kier molecular flexibility index (Phi) is 4.94. The van der Waals surface area contributed by atoms with Crippen LogP contribution < -0.4 is 5.73 Å². The van der Waals surface area contributed by atoms with E-state index < -0.39 is 5.91 Å². The Hall–Kier alpha value is -2.10. The van der Waals surface area contributed by atoms with E-state index in [1.165, 1.54) is 0 Å². The van der Waals surface area contributed by atoms with Gasteiger partial charge in [-0.1, -0.05) is 24.3 Å². The van der Waals surface area contributed by atoms with Crippen LogP contribution in [0.25, 0.3) is 6.08 Å². The lowest BCUT2D eigenvalue weighted by molar-refractivity contribution is -0.142. The standard InChI is InChI=1S/C13H15NO3/c1-2-17-12(15)5-3-4-10-6-8-11(9-7-10)13(14)16/h3-4,6-9H,2,5H2,1H3,(H2,14,16). The van der Waals surface area contributed by atoms with Crippen LogP contribution in [0.2, 0.25) is 0 Å². The number of hydrogen-bond acceptors (Lipinski definition) is 3. The van der Waals surface area contributed by atoms with Crippen LogP contribution in [0.5, 0.6) is 0 Å². The normalized spacial score (nSPS) is 10.4. The molecule has 0 radical (unpaired) electrons. The first kappa shape index (κ1) is 13.0. The van der Waals surface area contributed by atoms with E-state index in [0.29, 0.717) is 12.2 Å². The van der Waals surface area contributed by atoms with Gasteiger partial charge in [0, 0.05) is 5.56 Å². The molecule has 0 heterocycles. The topological polar surface area (TPSA) is 69.4 Å². The van der Waals surface area contributed by atoms with Gasteiger partial charge in [-0.15, -0.1) is 0 Å². The number of benzene rings is 1. The predicted molar refractivity (Wildman–Crippen MR) is 65.2 cm³/mol. The third-order valence-electron chi connectivity index (χ3n) is 2.10. The van der Waals surface area contributed by atoms with Crippen molar-refractivity contribution in [3.05, 3.63) is 41.5 Å². The monoisotopic (exact) mass is 233 g/mol. The first-order valence-corrected chi connectivity index (χ1v) is 5.35. The Morgan fingerprint density at radius 2 is 1.94 bits per heavy atom. The van der Waals surface area contributed by atoms with Crippen LogP contribution in [0.3, 0.4) is 0 Å². The van der Waals surface area contributed by atoms with E-state index in [1.54, 1.807) is 43.3 Å². The van der Waals surface area contributed by atoms with E-state index >= 15 is 0 Å². The molecule has 0 saturated carbocycles. The number of primary amides is 1. The lowest BCUT2D eigenvalue weighted by Crippen LogP contribution is -2.10. The molecule has 0 spiro atoms. The summed E-state index contributed by atoms with van der Waals surface area (Å²) in [5.41, 5.74) is 6.49. The molecule has 0 aliphatic rings. The Balaban J connectivity index is 2.54. The molecule has 0 aromatic heterocycles. The van der Waals surface area contributed by atoms with E-state index in [2.05, 4.69) is 0 Å². The first-order chi connectivity index (χ1) is 8.13. The molecule has 4 heteroatoms. The first-order valence-electron chi connectivity index (χ1n) is 5.35. The zero-order valence-corrected chi connectivity index (χ0v) is 9.68. The zero-order valence-electron chi connectivity index (χ0n) is 9.68. The second kappa shape index (κ2) is 6.48. The molecule has 0 atom stereocenters. The van der Waals surface area contributed by atoms with Crippen LogP contribution in [-0.2, 0) is 9.53 Å². The van der Waals surface area contributed by atoms with Gasteiger partial charge in [0.05, 0.1) is 13.0 Å². The van der Waals surface area contributed by atoms with Crippen molar-refractivity contribution in [3.63, 3.8) is 0 Å². The summed E-state index contributed by atoms with van der Waals surface area (Å²) < 4.78 is 4.78. The van der Waals surface area contributed by atoms with Crippen molar-refractivity contribution < 1.29 is 14.3 Å². The van der Waals surface area contributed by atoms with Crippen LogP contribution >= 0.6 is 0 Å². The average molecular weight is 233 g/mol. The molecule has 1 rings (SSSR count). The summed E-state index contributed by atoms with van der Waals surface area (Å²) in [7, 11) is 0. The Labute approximate surface area is 100 Å². The molecule has 1 amide bonds. The van der Waals surface area contributed by atoms with E-state index in [0.717, 1.165) is 5.56 Å². The van der Waals surface area contributed by atoms with E-state index in [1.807, 2.05) is 0 Å². The fourth-order valence-corrected chi connectivity index (χ4v) is 1.27. The number of hydrogen-bond donors (Lipinski definition) is 1. The van der Waals surface area contributed by atoms with Crippen molar-refractivity contribution >= 4 is 18.0 Å². The molecule has 0 unspecified atom stereocenters. The molecule has 1 aromatic rings. The van der Waals surface area contributed by atoms with Crippen LogP contribution in [0.4, 0.5) is 0 Å². The summed E-state index contributed by atoms with van der Waals surface area (Å²) in [6.07, 6.45) is 3.75. The molecule has 1 aromatic carbocycles. The van der Waals surface area contributed by atoms with Crippen LogP contribution in [0.1, 0.15) is 29.3 Å². The minimum absolute atomic E-state index is 0.241. The highest BCUT2D eigenvalue weighted by Gasteiger charge is 1.99. The molecular formula is C13H15NO3. The average Bonchev–Trinajstić information content (AvgIpc) is 2.30. The highest BCUT2D eigenvalue weighted by molar-refractivity contribution is 5.92. The van der Waals surface area contributed by atoms with Gasteiger partial charge < -0.3 is 10.5 Å². The lowest BCUT2D eigenvalue weighted by atomic mass is 10.1. The minimum atomic E-state index is -0.452. The SMILES string of the molecule is CCOC(=O)CC=Cc1ccc(C(N)=O)cc1. The fraction of sp³-hybridized carbons (Fsp3) is 0.231. The maximum atomic E-state index is 11.0. The third-order valence-corrected chi connectivity index (χ3v) is 2.10. The quantitative estimate of drug-likeness (QED) is 0.788. The van der Waals surface area contributed by atoms with Gasteiger partial charge in [-0.25, -0.2) is 0 Å². The molecule has 0 aliphatic carbocycles.